The molecule has 0 radical (unpaired) electrons. The van der Waals surface area contributed by atoms with Crippen LogP contribution in [0.3, 0.4) is 0 Å². The number of likely N-dealkylation sites (N-methyl/N-ethyl adjacent to an activating group) is 1. The zero-order valence-corrected chi connectivity index (χ0v) is 9.63. The standard InChI is InChI=1S/C10H21N3O/c1-5-10(8-11,9-14-4)12-6-7-13(2)3/h12H,5-7,9H2,1-4H3. The van der Waals surface area contributed by atoms with Gasteiger partial charge in [-0.1, -0.05) is 6.92 Å². The maximum Gasteiger partial charge on any atom is 0.130 e. The van der Waals surface area contributed by atoms with E-state index in [4.69, 9.17) is 10.00 Å². The van der Waals surface area contributed by atoms with Crippen LogP contribution in [0.25, 0.3) is 0 Å². The van der Waals surface area contributed by atoms with E-state index in [-0.39, 0.29) is 0 Å². The van der Waals surface area contributed by atoms with Crippen molar-refractivity contribution < 1.29 is 4.74 Å². The lowest BCUT2D eigenvalue weighted by molar-refractivity contribution is 0.133. The van der Waals surface area contributed by atoms with Crippen molar-refractivity contribution in [3.63, 3.8) is 0 Å². The Morgan fingerprint density at radius 1 is 1.50 bits per heavy atom. The van der Waals surface area contributed by atoms with Crippen molar-refractivity contribution in [1.29, 1.82) is 5.26 Å². The summed E-state index contributed by atoms with van der Waals surface area (Å²) in [6.07, 6.45) is 0.755. The molecule has 0 spiro atoms. The smallest absolute Gasteiger partial charge is 0.130 e. The predicted octanol–water partition coefficient (Wildman–Crippen LogP) is 0.456. The first-order chi connectivity index (χ1) is 6.60. The maximum absolute atomic E-state index is 9.07. The van der Waals surface area contributed by atoms with Crippen LogP contribution in [-0.4, -0.2) is 51.3 Å². The third-order valence-corrected chi connectivity index (χ3v) is 2.23. The molecule has 0 heterocycles. The Morgan fingerprint density at radius 2 is 2.14 bits per heavy atom. The zero-order valence-electron chi connectivity index (χ0n) is 9.63. The van der Waals surface area contributed by atoms with E-state index in [1.807, 2.05) is 21.0 Å². The minimum atomic E-state index is -0.523. The normalized spacial score (nSPS) is 15.1. The molecule has 1 unspecified atom stereocenters. The third-order valence-electron chi connectivity index (χ3n) is 2.23. The van der Waals surface area contributed by atoms with Gasteiger partial charge in [-0.25, -0.2) is 0 Å². The van der Waals surface area contributed by atoms with Gasteiger partial charge < -0.3 is 9.64 Å². The van der Waals surface area contributed by atoms with Gasteiger partial charge in [-0.05, 0) is 20.5 Å². The first kappa shape index (κ1) is 13.4. The molecule has 0 aliphatic heterocycles. The summed E-state index contributed by atoms with van der Waals surface area (Å²) in [6.45, 7) is 4.16. The number of ether oxygens (including phenoxy) is 1. The Hall–Kier alpha value is -0.630. The molecule has 4 heteroatoms. The van der Waals surface area contributed by atoms with Gasteiger partial charge in [0.1, 0.15) is 5.54 Å². The molecule has 82 valence electrons. The minimum Gasteiger partial charge on any atom is -0.382 e. The molecule has 0 aliphatic rings. The summed E-state index contributed by atoms with van der Waals surface area (Å²) in [6, 6.07) is 2.29. The molecular weight excluding hydrogens is 178 g/mol. The topological polar surface area (TPSA) is 48.3 Å². The van der Waals surface area contributed by atoms with Gasteiger partial charge in [0, 0.05) is 20.2 Å². The highest BCUT2D eigenvalue weighted by Gasteiger charge is 2.26. The van der Waals surface area contributed by atoms with Crippen LogP contribution in [0.4, 0.5) is 0 Å². The van der Waals surface area contributed by atoms with E-state index in [2.05, 4.69) is 16.3 Å². The number of rotatable bonds is 7. The third kappa shape index (κ3) is 4.56. The number of methoxy groups -OCH3 is 1. The monoisotopic (exact) mass is 199 g/mol. The highest BCUT2D eigenvalue weighted by Crippen LogP contribution is 2.08. The number of hydrogen-bond acceptors (Lipinski definition) is 4. The summed E-state index contributed by atoms with van der Waals surface area (Å²) in [4.78, 5) is 2.08. The Labute approximate surface area is 86.8 Å². The van der Waals surface area contributed by atoms with Gasteiger partial charge in [-0.2, -0.15) is 5.26 Å². The summed E-state index contributed by atoms with van der Waals surface area (Å²) in [7, 11) is 5.64. The van der Waals surface area contributed by atoms with Gasteiger partial charge in [-0.3, -0.25) is 5.32 Å². The van der Waals surface area contributed by atoms with Crippen molar-refractivity contribution in [3.8, 4) is 6.07 Å². The highest BCUT2D eigenvalue weighted by molar-refractivity contribution is 5.06. The van der Waals surface area contributed by atoms with Crippen molar-refractivity contribution >= 4 is 0 Å². The lowest BCUT2D eigenvalue weighted by atomic mass is 9.99. The van der Waals surface area contributed by atoms with Gasteiger partial charge in [-0.15, -0.1) is 0 Å². The molecule has 0 aromatic rings. The molecule has 1 N–H and O–H groups in total. The molecule has 0 saturated heterocycles. The van der Waals surface area contributed by atoms with Crippen molar-refractivity contribution in [2.24, 2.45) is 0 Å². The van der Waals surface area contributed by atoms with Crippen LogP contribution >= 0.6 is 0 Å². The predicted molar refractivity (Wildman–Crippen MR) is 57.1 cm³/mol. The van der Waals surface area contributed by atoms with Gasteiger partial charge in [0.25, 0.3) is 0 Å². The molecule has 0 fully saturated rings. The molecule has 0 bridgehead atoms. The van der Waals surface area contributed by atoms with Crippen LogP contribution in [0.1, 0.15) is 13.3 Å². The second-order valence-electron chi connectivity index (χ2n) is 3.71. The van der Waals surface area contributed by atoms with Crippen LogP contribution in [0.2, 0.25) is 0 Å². The van der Waals surface area contributed by atoms with Gasteiger partial charge in [0.15, 0.2) is 0 Å². The summed E-state index contributed by atoms with van der Waals surface area (Å²) >= 11 is 0. The Kier molecular flexibility index (Phi) is 6.46. The lowest BCUT2D eigenvalue weighted by Gasteiger charge is -2.26. The summed E-state index contributed by atoms with van der Waals surface area (Å²) in [5, 5.41) is 12.3. The van der Waals surface area contributed by atoms with Crippen LogP contribution in [0, 0.1) is 11.3 Å². The fourth-order valence-electron chi connectivity index (χ4n) is 1.19. The minimum absolute atomic E-state index is 0.438. The molecule has 0 saturated carbocycles. The van der Waals surface area contributed by atoms with E-state index in [1.165, 1.54) is 0 Å². The Bertz CT molecular complexity index is 188. The summed E-state index contributed by atoms with van der Waals surface area (Å²) in [5.41, 5.74) is -0.523. The number of hydrogen-bond donors (Lipinski definition) is 1. The molecular formula is C10H21N3O. The van der Waals surface area contributed by atoms with E-state index in [0.29, 0.717) is 6.61 Å². The fourth-order valence-corrected chi connectivity index (χ4v) is 1.19. The zero-order chi connectivity index (χ0) is 11.0. The fraction of sp³-hybridized carbons (Fsp3) is 0.900. The molecule has 0 aromatic heterocycles. The Morgan fingerprint density at radius 3 is 2.50 bits per heavy atom. The summed E-state index contributed by atoms with van der Waals surface area (Å²) in [5.74, 6) is 0. The van der Waals surface area contributed by atoms with E-state index in [1.54, 1.807) is 7.11 Å². The van der Waals surface area contributed by atoms with Crippen molar-refractivity contribution in [2.45, 2.75) is 18.9 Å². The Balaban J connectivity index is 4.03. The summed E-state index contributed by atoms with van der Waals surface area (Å²) < 4.78 is 5.05. The molecule has 0 rings (SSSR count). The van der Waals surface area contributed by atoms with Crippen LogP contribution in [0.15, 0.2) is 0 Å². The van der Waals surface area contributed by atoms with E-state index >= 15 is 0 Å². The van der Waals surface area contributed by atoms with Gasteiger partial charge in [0.2, 0.25) is 0 Å². The number of nitrogens with one attached hydrogen (secondary N) is 1. The quantitative estimate of drug-likeness (QED) is 0.647. The molecule has 14 heavy (non-hydrogen) atoms. The molecule has 0 aromatic carbocycles. The van der Waals surface area contributed by atoms with Crippen molar-refractivity contribution in [2.75, 3.05) is 40.9 Å². The molecule has 4 nitrogen and oxygen atoms in total. The molecule has 0 amide bonds. The van der Waals surface area contributed by atoms with Crippen LogP contribution in [-0.2, 0) is 4.74 Å². The van der Waals surface area contributed by atoms with E-state index < -0.39 is 5.54 Å². The van der Waals surface area contributed by atoms with Crippen molar-refractivity contribution in [3.05, 3.63) is 0 Å². The van der Waals surface area contributed by atoms with Crippen LogP contribution in [0.5, 0.6) is 0 Å². The second kappa shape index (κ2) is 6.77. The average Bonchev–Trinajstić information content (AvgIpc) is 2.16. The van der Waals surface area contributed by atoms with E-state index in [9.17, 15) is 0 Å². The lowest BCUT2D eigenvalue weighted by Crippen LogP contribution is -2.49. The van der Waals surface area contributed by atoms with E-state index in [0.717, 1.165) is 19.5 Å². The maximum atomic E-state index is 9.07. The van der Waals surface area contributed by atoms with Crippen LogP contribution < -0.4 is 5.32 Å². The highest BCUT2D eigenvalue weighted by atomic mass is 16.5. The van der Waals surface area contributed by atoms with Gasteiger partial charge in [0.05, 0.1) is 12.7 Å². The number of nitriles is 1. The average molecular weight is 199 g/mol. The SMILES string of the molecule is CCC(C#N)(COC)NCCN(C)C. The molecule has 0 aliphatic carbocycles. The number of nitrogens with zero attached hydrogens (tertiary/aromatic N) is 2. The van der Waals surface area contributed by atoms with Crippen molar-refractivity contribution in [1.82, 2.24) is 10.2 Å². The first-order valence-corrected chi connectivity index (χ1v) is 4.90. The first-order valence-electron chi connectivity index (χ1n) is 4.90. The second-order valence-corrected chi connectivity index (χ2v) is 3.71. The molecule has 1 atom stereocenters. The van der Waals surface area contributed by atoms with Gasteiger partial charge >= 0.3 is 0 Å². The largest absolute Gasteiger partial charge is 0.382 e.